The zero-order valence-corrected chi connectivity index (χ0v) is 17.8. The Morgan fingerprint density at radius 2 is 1.77 bits per heavy atom. The first kappa shape index (κ1) is 19.9. The average molecular weight is 437 g/mol. The van der Waals surface area contributed by atoms with Gasteiger partial charge in [-0.3, -0.25) is 9.59 Å². The summed E-state index contributed by atoms with van der Waals surface area (Å²) in [6, 6.07) is 16.8. The Labute approximate surface area is 184 Å². The summed E-state index contributed by atoms with van der Waals surface area (Å²) < 4.78 is 1.42. The van der Waals surface area contributed by atoms with Crippen molar-refractivity contribution in [3.63, 3.8) is 0 Å². The lowest BCUT2D eigenvalue weighted by atomic mass is 10.1. The minimum absolute atomic E-state index is 0.133. The van der Waals surface area contributed by atoms with Gasteiger partial charge in [-0.2, -0.15) is 4.68 Å². The number of nitrogens with zero attached hydrogens (tertiary/aromatic N) is 4. The summed E-state index contributed by atoms with van der Waals surface area (Å²) in [6.45, 7) is 2.63. The van der Waals surface area contributed by atoms with Gasteiger partial charge < -0.3 is 9.80 Å². The third-order valence-electron chi connectivity index (χ3n) is 5.79. The monoisotopic (exact) mass is 436 g/mol. The standard InChI is InChI=1S/C22H24N6O2S/c29-21-9-8-20(25-28(21)16-5-2-1-3-6-16)26-10-12-27(13-11-26)22(30)18-15-17(23-24-18)19-7-4-14-31-19/h1-9,14,17-18,23-24H,10-13,15H2. The summed E-state index contributed by atoms with van der Waals surface area (Å²) in [5, 5.41) is 6.61. The molecule has 3 aromatic rings. The number of piperazine rings is 1. The fourth-order valence-corrected chi connectivity index (χ4v) is 4.89. The van der Waals surface area contributed by atoms with Gasteiger partial charge in [-0.25, -0.2) is 10.9 Å². The zero-order chi connectivity index (χ0) is 21.2. The fourth-order valence-electron chi connectivity index (χ4n) is 4.09. The molecule has 2 aliphatic rings. The van der Waals surface area contributed by atoms with E-state index in [1.54, 1.807) is 23.5 Å². The highest BCUT2D eigenvalue weighted by molar-refractivity contribution is 7.10. The maximum Gasteiger partial charge on any atom is 0.271 e. The van der Waals surface area contributed by atoms with E-state index in [1.807, 2.05) is 41.3 Å². The zero-order valence-electron chi connectivity index (χ0n) is 17.0. The lowest BCUT2D eigenvalue weighted by molar-refractivity contribution is -0.133. The molecule has 2 saturated heterocycles. The normalized spacial score (nSPS) is 21.4. The van der Waals surface area contributed by atoms with Crippen LogP contribution < -0.4 is 21.3 Å². The number of rotatable bonds is 4. The third kappa shape index (κ3) is 4.12. The predicted molar refractivity (Wildman–Crippen MR) is 120 cm³/mol. The minimum atomic E-state index is -0.211. The Kier molecular flexibility index (Phi) is 5.54. The number of hydrazine groups is 1. The van der Waals surface area contributed by atoms with Crippen LogP contribution in [-0.2, 0) is 4.79 Å². The topological polar surface area (TPSA) is 82.5 Å². The van der Waals surface area contributed by atoms with Crippen molar-refractivity contribution >= 4 is 23.1 Å². The number of hydrogen-bond donors (Lipinski definition) is 2. The number of aromatic nitrogens is 2. The van der Waals surface area contributed by atoms with Gasteiger partial charge in [-0.15, -0.1) is 16.4 Å². The first-order chi connectivity index (χ1) is 15.2. The summed E-state index contributed by atoms with van der Waals surface area (Å²) in [6.07, 6.45) is 0.753. The van der Waals surface area contributed by atoms with Gasteiger partial charge in [0.15, 0.2) is 0 Å². The van der Waals surface area contributed by atoms with Crippen LogP contribution >= 0.6 is 11.3 Å². The van der Waals surface area contributed by atoms with Crippen LogP contribution in [0.3, 0.4) is 0 Å². The number of nitrogens with one attached hydrogen (secondary N) is 2. The van der Waals surface area contributed by atoms with Crippen LogP contribution in [0.25, 0.3) is 5.69 Å². The quantitative estimate of drug-likeness (QED) is 0.646. The van der Waals surface area contributed by atoms with Crippen LogP contribution in [0.1, 0.15) is 17.3 Å². The fraction of sp³-hybridized carbons (Fsp3) is 0.318. The third-order valence-corrected chi connectivity index (χ3v) is 6.78. The molecule has 160 valence electrons. The molecule has 2 aliphatic heterocycles. The van der Waals surface area contributed by atoms with Crippen LogP contribution in [0, 0.1) is 0 Å². The van der Waals surface area contributed by atoms with Gasteiger partial charge in [0.2, 0.25) is 5.91 Å². The molecule has 2 aromatic heterocycles. The van der Waals surface area contributed by atoms with E-state index in [2.05, 4.69) is 32.3 Å². The van der Waals surface area contributed by atoms with Crippen LogP contribution in [-0.4, -0.2) is 52.8 Å². The van der Waals surface area contributed by atoms with Crippen LogP contribution in [0.5, 0.6) is 0 Å². The number of thiophene rings is 1. The molecule has 0 aliphatic carbocycles. The number of amides is 1. The van der Waals surface area contributed by atoms with Crippen molar-refractivity contribution < 1.29 is 4.79 Å². The maximum atomic E-state index is 13.0. The van der Waals surface area contributed by atoms with Crippen molar-refractivity contribution in [1.29, 1.82) is 0 Å². The average Bonchev–Trinajstić information content (AvgIpc) is 3.52. The van der Waals surface area contributed by atoms with Gasteiger partial charge in [0.05, 0.1) is 11.7 Å². The molecule has 1 amide bonds. The molecular weight excluding hydrogens is 412 g/mol. The molecule has 1 aromatic carbocycles. The molecule has 2 fully saturated rings. The molecule has 0 bridgehead atoms. The number of carbonyl (C=O) groups is 1. The molecule has 2 unspecified atom stereocenters. The highest BCUT2D eigenvalue weighted by Crippen LogP contribution is 2.27. The van der Waals surface area contributed by atoms with Crippen molar-refractivity contribution in [3.05, 3.63) is 75.2 Å². The van der Waals surface area contributed by atoms with Gasteiger partial charge >= 0.3 is 0 Å². The van der Waals surface area contributed by atoms with E-state index in [-0.39, 0.29) is 23.6 Å². The lowest BCUT2D eigenvalue weighted by Crippen LogP contribution is -2.54. The van der Waals surface area contributed by atoms with Crippen molar-refractivity contribution in [1.82, 2.24) is 25.5 Å². The van der Waals surface area contributed by atoms with Crippen LogP contribution in [0.2, 0.25) is 0 Å². The molecule has 9 heteroatoms. The Morgan fingerprint density at radius 1 is 0.968 bits per heavy atom. The van der Waals surface area contributed by atoms with E-state index < -0.39 is 0 Å². The summed E-state index contributed by atoms with van der Waals surface area (Å²) >= 11 is 1.70. The van der Waals surface area contributed by atoms with Gasteiger partial charge in [0, 0.05) is 37.1 Å². The predicted octanol–water partition coefficient (Wildman–Crippen LogP) is 1.55. The van der Waals surface area contributed by atoms with E-state index in [1.165, 1.54) is 9.56 Å². The van der Waals surface area contributed by atoms with E-state index in [4.69, 9.17) is 0 Å². The van der Waals surface area contributed by atoms with E-state index >= 15 is 0 Å². The Hall–Kier alpha value is -3.01. The van der Waals surface area contributed by atoms with E-state index in [0.29, 0.717) is 26.2 Å². The molecular formula is C22H24N6O2S. The molecule has 8 nitrogen and oxygen atoms in total. The van der Waals surface area contributed by atoms with Crippen molar-refractivity contribution in [3.8, 4) is 5.69 Å². The molecule has 2 atom stereocenters. The van der Waals surface area contributed by atoms with Crippen molar-refractivity contribution in [2.75, 3.05) is 31.1 Å². The second-order valence-electron chi connectivity index (χ2n) is 7.73. The van der Waals surface area contributed by atoms with E-state index in [0.717, 1.165) is 17.9 Å². The molecule has 0 radical (unpaired) electrons. The number of anilines is 1. The maximum absolute atomic E-state index is 13.0. The summed E-state index contributed by atoms with van der Waals surface area (Å²) in [5.41, 5.74) is 7.00. The van der Waals surface area contributed by atoms with Crippen molar-refractivity contribution in [2.45, 2.75) is 18.5 Å². The van der Waals surface area contributed by atoms with Gasteiger partial charge in [0.1, 0.15) is 11.9 Å². The second-order valence-corrected chi connectivity index (χ2v) is 8.71. The van der Waals surface area contributed by atoms with Gasteiger partial charge in [-0.1, -0.05) is 24.3 Å². The minimum Gasteiger partial charge on any atom is -0.352 e. The first-order valence-electron chi connectivity index (χ1n) is 10.4. The lowest BCUT2D eigenvalue weighted by Gasteiger charge is -2.36. The molecule has 2 N–H and O–H groups in total. The molecule has 4 heterocycles. The summed E-state index contributed by atoms with van der Waals surface area (Å²) in [4.78, 5) is 30.5. The number of carbonyl (C=O) groups excluding carboxylic acids is 1. The van der Waals surface area contributed by atoms with Crippen LogP contribution in [0.4, 0.5) is 5.82 Å². The molecule has 5 rings (SSSR count). The number of benzene rings is 1. The number of hydrogen-bond acceptors (Lipinski definition) is 7. The molecule has 31 heavy (non-hydrogen) atoms. The largest absolute Gasteiger partial charge is 0.352 e. The van der Waals surface area contributed by atoms with Crippen molar-refractivity contribution in [2.24, 2.45) is 0 Å². The van der Waals surface area contributed by atoms with Gasteiger partial charge in [-0.05, 0) is 36.1 Å². The van der Waals surface area contributed by atoms with Gasteiger partial charge in [0.25, 0.3) is 5.56 Å². The highest BCUT2D eigenvalue weighted by Gasteiger charge is 2.34. The highest BCUT2D eigenvalue weighted by atomic mass is 32.1. The second kappa shape index (κ2) is 8.62. The summed E-state index contributed by atoms with van der Waals surface area (Å²) in [5.74, 6) is 0.877. The SMILES string of the molecule is O=C(C1CC(c2cccs2)NN1)N1CCN(c2ccc(=O)n(-c3ccccc3)n2)CC1. The Balaban J connectivity index is 1.22. The molecule has 0 saturated carbocycles. The smallest absolute Gasteiger partial charge is 0.271 e. The Morgan fingerprint density at radius 3 is 2.52 bits per heavy atom. The summed E-state index contributed by atoms with van der Waals surface area (Å²) in [7, 11) is 0. The molecule has 0 spiro atoms. The number of para-hydroxylation sites is 1. The van der Waals surface area contributed by atoms with E-state index in [9.17, 15) is 9.59 Å². The first-order valence-corrected chi connectivity index (χ1v) is 11.3. The van der Waals surface area contributed by atoms with Crippen LogP contribution in [0.15, 0.2) is 64.8 Å². The Bertz CT molecular complexity index is 1090.